The molecule has 0 aliphatic rings. The maximum atomic E-state index is 12.5. The molecule has 1 aromatic carbocycles. The third-order valence-corrected chi connectivity index (χ3v) is 6.59. The van der Waals surface area contributed by atoms with E-state index in [4.69, 9.17) is 0 Å². The second kappa shape index (κ2) is 6.90. The van der Waals surface area contributed by atoms with E-state index in [2.05, 4.69) is 25.5 Å². The normalized spacial score (nSPS) is 12.6. The first kappa shape index (κ1) is 17.9. The SMILES string of the molecule is Cc1ccc(-n2nnnc2S[C@@H](C)c2nc3sc(C)c(C)c3c(=O)[nH]2)cc1. The molecule has 4 aromatic rings. The van der Waals surface area contributed by atoms with Gasteiger partial charge in [-0.15, -0.1) is 16.4 Å². The fourth-order valence-electron chi connectivity index (χ4n) is 2.78. The summed E-state index contributed by atoms with van der Waals surface area (Å²) < 4.78 is 1.69. The van der Waals surface area contributed by atoms with Crippen LogP contribution in [0.4, 0.5) is 0 Å². The van der Waals surface area contributed by atoms with Gasteiger partial charge in [0.15, 0.2) is 0 Å². The molecule has 0 spiro atoms. The first-order valence-corrected chi connectivity index (χ1v) is 10.2. The monoisotopic (exact) mass is 398 g/mol. The molecule has 1 N–H and O–H groups in total. The van der Waals surface area contributed by atoms with Crippen LogP contribution in [0.2, 0.25) is 0 Å². The number of H-pyrrole nitrogens is 1. The van der Waals surface area contributed by atoms with Gasteiger partial charge in [-0.25, -0.2) is 4.98 Å². The van der Waals surface area contributed by atoms with Gasteiger partial charge >= 0.3 is 0 Å². The molecule has 3 aromatic heterocycles. The van der Waals surface area contributed by atoms with Gasteiger partial charge < -0.3 is 4.98 Å². The topological polar surface area (TPSA) is 89.3 Å². The lowest BCUT2D eigenvalue weighted by Crippen LogP contribution is -2.12. The first-order chi connectivity index (χ1) is 12.9. The van der Waals surface area contributed by atoms with Crippen molar-refractivity contribution in [3.8, 4) is 5.69 Å². The number of hydrogen-bond donors (Lipinski definition) is 1. The standard InChI is InChI=1S/C18H18N6OS2/c1-9-5-7-13(8-6-9)24-18(21-22-23-24)27-12(4)15-19-16(25)14-10(2)11(3)26-17(14)20-15/h5-8,12H,1-4H3,(H,19,20,25)/t12-/m0/s1. The van der Waals surface area contributed by atoms with Gasteiger partial charge in [0.2, 0.25) is 5.16 Å². The summed E-state index contributed by atoms with van der Waals surface area (Å²) in [5.74, 6) is 0.622. The van der Waals surface area contributed by atoms with E-state index in [1.165, 1.54) is 17.3 Å². The van der Waals surface area contributed by atoms with Crippen LogP contribution in [-0.2, 0) is 0 Å². The van der Waals surface area contributed by atoms with Crippen LogP contribution in [0.5, 0.6) is 0 Å². The van der Waals surface area contributed by atoms with Crippen LogP contribution in [-0.4, -0.2) is 30.2 Å². The van der Waals surface area contributed by atoms with E-state index in [0.717, 1.165) is 21.0 Å². The molecule has 0 aliphatic carbocycles. The van der Waals surface area contributed by atoms with Crippen LogP contribution < -0.4 is 5.56 Å². The average molecular weight is 399 g/mol. The molecule has 0 aliphatic heterocycles. The highest BCUT2D eigenvalue weighted by molar-refractivity contribution is 7.99. The number of rotatable bonds is 4. The Labute approximate surface area is 163 Å². The Morgan fingerprint density at radius 2 is 1.93 bits per heavy atom. The lowest BCUT2D eigenvalue weighted by molar-refractivity contribution is 0.753. The Balaban J connectivity index is 1.66. The molecule has 3 heterocycles. The van der Waals surface area contributed by atoms with Crippen LogP contribution in [0.3, 0.4) is 0 Å². The number of aromatic nitrogens is 6. The number of nitrogens with one attached hydrogen (secondary N) is 1. The fourth-order valence-corrected chi connectivity index (χ4v) is 4.68. The molecule has 9 heteroatoms. The summed E-state index contributed by atoms with van der Waals surface area (Å²) in [6.07, 6.45) is 0. The van der Waals surface area contributed by atoms with Crippen LogP contribution in [0.1, 0.15) is 34.0 Å². The van der Waals surface area contributed by atoms with Crippen molar-refractivity contribution in [3.05, 3.63) is 56.4 Å². The second-order valence-electron chi connectivity index (χ2n) is 6.38. The Hall–Kier alpha value is -2.52. The van der Waals surface area contributed by atoms with Crippen LogP contribution in [0.25, 0.3) is 15.9 Å². The minimum atomic E-state index is -0.111. The average Bonchev–Trinajstić information content (AvgIpc) is 3.20. The van der Waals surface area contributed by atoms with Crippen molar-refractivity contribution < 1.29 is 0 Å². The number of tetrazole rings is 1. The van der Waals surface area contributed by atoms with E-state index >= 15 is 0 Å². The Bertz CT molecular complexity index is 1180. The summed E-state index contributed by atoms with van der Waals surface area (Å²) in [6.45, 7) is 7.98. The van der Waals surface area contributed by atoms with Crippen LogP contribution in [0.15, 0.2) is 34.2 Å². The molecule has 0 saturated heterocycles. The largest absolute Gasteiger partial charge is 0.309 e. The molecule has 138 valence electrons. The maximum absolute atomic E-state index is 12.5. The summed E-state index contributed by atoms with van der Waals surface area (Å²) >= 11 is 3.00. The molecule has 4 rings (SSSR count). The highest BCUT2D eigenvalue weighted by atomic mass is 32.2. The molecule has 0 amide bonds. The predicted molar refractivity (Wildman–Crippen MR) is 108 cm³/mol. The summed E-state index contributed by atoms with van der Waals surface area (Å²) in [4.78, 5) is 22.0. The number of aryl methyl sites for hydroxylation is 3. The van der Waals surface area contributed by atoms with Crippen molar-refractivity contribution in [2.75, 3.05) is 0 Å². The van der Waals surface area contributed by atoms with E-state index in [-0.39, 0.29) is 10.8 Å². The molecule has 0 fully saturated rings. The zero-order valence-electron chi connectivity index (χ0n) is 15.3. The fraction of sp³-hybridized carbons (Fsp3) is 0.278. The molecule has 0 radical (unpaired) electrons. The molecule has 1 atom stereocenters. The van der Waals surface area contributed by atoms with Crippen molar-refractivity contribution in [2.24, 2.45) is 0 Å². The molecule has 27 heavy (non-hydrogen) atoms. The summed E-state index contributed by atoms with van der Waals surface area (Å²) in [7, 11) is 0. The van der Waals surface area contributed by atoms with E-state index in [1.54, 1.807) is 16.0 Å². The quantitative estimate of drug-likeness (QED) is 0.527. The molecule has 0 unspecified atom stereocenters. The van der Waals surface area contributed by atoms with Crippen molar-refractivity contribution in [1.29, 1.82) is 0 Å². The highest BCUT2D eigenvalue weighted by Crippen LogP contribution is 2.34. The third kappa shape index (κ3) is 3.28. The van der Waals surface area contributed by atoms with Gasteiger partial charge in [-0.2, -0.15) is 4.68 Å². The Morgan fingerprint density at radius 1 is 1.19 bits per heavy atom. The van der Waals surface area contributed by atoms with Crippen molar-refractivity contribution >= 4 is 33.3 Å². The van der Waals surface area contributed by atoms with E-state index in [9.17, 15) is 4.79 Å². The molecular weight excluding hydrogens is 380 g/mol. The zero-order valence-corrected chi connectivity index (χ0v) is 17.0. The van der Waals surface area contributed by atoms with E-state index in [0.29, 0.717) is 16.4 Å². The number of hydrogen-bond acceptors (Lipinski definition) is 7. The van der Waals surface area contributed by atoms with Crippen LogP contribution >= 0.6 is 23.1 Å². The number of thioether (sulfide) groups is 1. The second-order valence-corrected chi connectivity index (χ2v) is 8.89. The van der Waals surface area contributed by atoms with Crippen molar-refractivity contribution in [2.45, 2.75) is 38.1 Å². The summed E-state index contributed by atoms with van der Waals surface area (Å²) in [5, 5.41) is 13.2. The van der Waals surface area contributed by atoms with Gasteiger partial charge in [-0.05, 0) is 55.8 Å². The van der Waals surface area contributed by atoms with Gasteiger partial charge in [-0.3, -0.25) is 4.79 Å². The van der Waals surface area contributed by atoms with Gasteiger partial charge in [0.1, 0.15) is 10.7 Å². The van der Waals surface area contributed by atoms with Gasteiger partial charge in [0.05, 0.1) is 16.3 Å². The third-order valence-electron chi connectivity index (χ3n) is 4.44. The molecular formula is C18H18N6OS2. The first-order valence-electron chi connectivity index (χ1n) is 8.46. The van der Waals surface area contributed by atoms with Gasteiger partial charge in [-0.1, -0.05) is 29.5 Å². The molecule has 0 bridgehead atoms. The Kier molecular flexibility index (Phi) is 4.56. The molecule has 7 nitrogen and oxygen atoms in total. The number of fused-ring (bicyclic) bond motifs is 1. The smallest absolute Gasteiger partial charge is 0.259 e. The number of benzene rings is 1. The minimum absolute atomic E-state index is 0.0950. The predicted octanol–water partition coefficient (Wildman–Crippen LogP) is 3.74. The van der Waals surface area contributed by atoms with Crippen molar-refractivity contribution in [3.63, 3.8) is 0 Å². The maximum Gasteiger partial charge on any atom is 0.259 e. The zero-order chi connectivity index (χ0) is 19.1. The minimum Gasteiger partial charge on any atom is -0.309 e. The summed E-state index contributed by atoms with van der Waals surface area (Å²) in [6, 6.07) is 7.99. The number of thiophene rings is 1. The highest BCUT2D eigenvalue weighted by Gasteiger charge is 2.19. The van der Waals surface area contributed by atoms with Gasteiger partial charge in [0, 0.05) is 4.88 Å². The van der Waals surface area contributed by atoms with E-state index < -0.39 is 0 Å². The summed E-state index contributed by atoms with van der Waals surface area (Å²) in [5.41, 5.74) is 2.97. The molecule has 0 saturated carbocycles. The number of nitrogens with zero attached hydrogens (tertiary/aromatic N) is 5. The lowest BCUT2D eigenvalue weighted by Gasteiger charge is -2.10. The Morgan fingerprint density at radius 3 is 2.67 bits per heavy atom. The van der Waals surface area contributed by atoms with Crippen LogP contribution in [0, 0.1) is 20.8 Å². The number of aromatic amines is 1. The van der Waals surface area contributed by atoms with Gasteiger partial charge in [0.25, 0.3) is 5.56 Å². The van der Waals surface area contributed by atoms with E-state index in [1.807, 2.05) is 52.0 Å². The van der Waals surface area contributed by atoms with Crippen molar-refractivity contribution in [1.82, 2.24) is 30.2 Å². The lowest BCUT2D eigenvalue weighted by atomic mass is 10.2.